The number of rotatable bonds is 3. The number of carbonyl (C=O) groups excluding carboxylic acids is 1. The van der Waals surface area contributed by atoms with Crippen molar-refractivity contribution in [3.05, 3.63) is 54.6 Å². The van der Waals surface area contributed by atoms with Gasteiger partial charge in [-0.25, -0.2) is 4.98 Å². The Labute approximate surface area is 138 Å². The molecule has 1 unspecified atom stereocenters. The molecule has 1 atom stereocenters. The van der Waals surface area contributed by atoms with Crippen molar-refractivity contribution in [2.45, 2.75) is 23.3 Å². The van der Waals surface area contributed by atoms with Gasteiger partial charge < -0.3 is 9.32 Å². The number of thioether (sulfide) groups is 1. The molecule has 0 saturated carbocycles. The Morgan fingerprint density at radius 3 is 2.70 bits per heavy atom. The monoisotopic (exact) mass is 324 g/mol. The van der Waals surface area contributed by atoms with E-state index in [0.29, 0.717) is 5.22 Å². The van der Waals surface area contributed by atoms with Crippen molar-refractivity contribution in [3.8, 4) is 0 Å². The van der Waals surface area contributed by atoms with Crippen molar-refractivity contribution in [3.63, 3.8) is 0 Å². The summed E-state index contributed by atoms with van der Waals surface area (Å²) < 4.78 is 5.74. The van der Waals surface area contributed by atoms with Gasteiger partial charge in [-0.3, -0.25) is 4.79 Å². The standard InChI is InChI=1S/C18H16N2O2S/c21-17-16(11-6-12-20(17)13-7-2-1-3-8-13)23-18-19-14-9-4-5-10-15(14)22-18/h1-5,7-10,16H,6,11-12H2. The lowest BCUT2D eigenvalue weighted by Crippen LogP contribution is -2.42. The Balaban J connectivity index is 1.55. The lowest BCUT2D eigenvalue weighted by atomic mass is 10.1. The van der Waals surface area contributed by atoms with E-state index in [0.717, 1.165) is 36.2 Å². The minimum absolute atomic E-state index is 0.134. The molecule has 2 aromatic carbocycles. The number of hydrogen-bond acceptors (Lipinski definition) is 4. The molecule has 3 aromatic rings. The summed E-state index contributed by atoms with van der Waals surface area (Å²) in [7, 11) is 0. The molecule has 1 aliphatic heterocycles. The summed E-state index contributed by atoms with van der Waals surface area (Å²) >= 11 is 1.43. The third kappa shape index (κ3) is 2.84. The maximum atomic E-state index is 12.8. The first-order valence-electron chi connectivity index (χ1n) is 7.70. The van der Waals surface area contributed by atoms with Gasteiger partial charge in [0.15, 0.2) is 5.58 Å². The van der Waals surface area contributed by atoms with E-state index in [2.05, 4.69) is 4.98 Å². The van der Waals surface area contributed by atoms with Crippen LogP contribution >= 0.6 is 11.8 Å². The van der Waals surface area contributed by atoms with Crippen LogP contribution in [-0.4, -0.2) is 22.7 Å². The highest BCUT2D eigenvalue weighted by Crippen LogP contribution is 2.33. The summed E-state index contributed by atoms with van der Waals surface area (Å²) in [6.45, 7) is 0.771. The van der Waals surface area contributed by atoms with E-state index in [9.17, 15) is 4.79 Å². The molecule has 4 rings (SSSR count). The van der Waals surface area contributed by atoms with E-state index in [1.807, 2.05) is 59.5 Å². The van der Waals surface area contributed by atoms with Crippen LogP contribution in [0, 0.1) is 0 Å². The first kappa shape index (κ1) is 14.3. The molecule has 116 valence electrons. The molecule has 0 aliphatic carbocycles. The molecule has 1 fully saturated rings. The van der Waals surface area contributed by atoms with Crippen LogP contribution in [0.15, 0.2) is 64.2 Å². The minimum atomic E-state index is -0.142. The van der Waals surface area contributed by atoms with Crippen molar-refractivity contribution in [1.82, 2.24) is 4.98 Å². The third-order valence-corrected chi connectivity index (χ3v) is 5.07. The highest BCUT2D eigenvalue weighted by molar-refractivity contribution is 8.00. The highest BCUT2D eigenvalue weighted by atomic mass is 32.2. The molecule has 1 aromatic heterocycles. The molecule has 0 spiro atoms. The fourth-order valence-corrected chi connectivity index (χ4v) is 3.88. The summed E-state index contributed by atoms with van der Waals surface area (Å²) in [5, 5.41) is 0.427. The lowest BCUT2D eigenvalue weighted by Gasteiger charge is -2.31. The largest absolute Gasteiger partial charge is 0.431 e. The van der Waals surface area contributed by atoms with Crippen LogP contribution in [0.1, 0.15) is 12.8 Å². The molecule has 0 radical (unpaired) electrons. The van der Waals surface area contributed by atoms with Gasteiger partial charge in [-0.05, 0) is 37.1 Å². The molecule has 2 heterocycles. The number of benzene rings is 2. The van der Waals surface area contributed by atoms with Crippen LogP contribution in [0.4, 0.5) is 5.69 Å². The van der Waals surface area contributed by atoms with Gasteiger partial charge >= 0.3 is 0 Å². The van der Waals surface area contributed by atoms with Gasteiger partial charge in [-0.2, -0.15) is 0 Å². The van der Waals surface area contributed by atoms with E-state index < -0.39 is 0 Å². The number of piperidine rings is 1. The zero-order chi connectivity index (χ0) is 15.6. The summed E-state index contributed by atoms with van der Waals surface area (Å²) in [4.78, 5) is 19.1. The van der Waals surface area contributed by atoms with Crippen molar-refractivity contribution in [2.24, 2.45) is 0 Å². The number of para-hydroxylation sites is 3. The molecule has 4 nitrogen and oxygen atoms in total. The number of fused-ring (bicyclic) bond motifs is 1. The van der Waals surface area contributed by atoms with Crippen LogP contribution in [0.2, 0.25) is 0 Å². The van der Waals surface area contributed by atoms with Gasteiger partial charge in [0, 0.05) is 12.2 Å². The number of amides is 1. The van der Waals surface area contributed by atoms with E-state index in [-0.39, 0.29) is 11.2 Å². The first-order chi connectivity index (χ1) is 11.3. The Bertz CT molecular complexity index is 798. The summed E-state index contributed by atoms with van der Waals surface area (Å²) in [6, 6.07) is 17.5. The van der Waals surface area contributed by atoms with E-state index in [4.69, 9.17) is 4.42 Å². The number of carbonyl (C=O) groups is 1. The molecule has 1 amide bonds. The minimum Gasteiger partial charge on any atom is -0.431 e. The molecule has 5 heteroatoms. The number of oxazole rings is 1. The third-order valence-electron chi connectivity index (χ3n) is 3.97. The van der Waals surface area contributed by atoms with Crippen molar-refractivity contribution in [2.75, 3.05) is 11.4 Å². The second-order valence-corrected chi connectivity index (χ2v) is 6.68. The Hall–Kier alpha value is -2.27. The SMILES string of the molecule is O=C1C(Sc2nc3ccccc3o2)CCCN1c1ccccc1. The number of nitrogens with zero attached hydrogens (tertiary/aromatic N) is 2. The van der Waals surface area contributed by atoms with Crippen molar-refractivity contribution >= 4 is 34.5 Å². The number of hydrogen-bond donors (Lipinski definition) is 0. The van der Waals surface area contributed by atoms with E-state index >= 15 is 0 Å². The Morgan fingerprint density at radius 2 is 1.87 bits per heavy atom. The van der Waals surface area contributed by atoms with Gasteiger partial charge in [0.2, 0.25) is 5.91 Å². The lowest BCUT2D eigenvalue weighted by molar-refractivity contribution is -0.119. The first-order valence-corrected chi connectivity index (χ1v) is 8.58. The van der Waals surface area contributed by atoms with Gasteiger partial charge in [0.25, 0.3) is 5.22 Å². The summed E-state index contributed by atoms with van der Waals surface area (Å²) in [6.07, 6.45) is 1.84. The van der Waals surface area contributed by atoms with E-state index in [1.165, 1.54) is 11.8 Å². The van der Waals surface area contributed by atoms with Crippen molar-refractivity contribution in [1.29, 1.82) is 0 Å². The van der Waals surface area contributed by atoms with Crippen LogP contribution in [0.25, 0.3) is 11.1 Å². The molecular weight excluding hydrogens is 308 g/mol. The summed E-state index contributed by atoms with van der Waals surface area (Å²) in [5.41, 5.74) is 2.55. The fourth-order valence-electron chi connectivity index (χ4n) is 2.84. The van der Waals surface area contributed by atoms with Gasteiger partial charge in [-0.15, -0.1) is 0 Å². The molecule has 1 aliphatic rings. The predicted molar refractivity (Wildman–Crippen MR) is 91.7 cm³/mol. The topological polar surface area (TPSA) is 46.3 Å². The molecule has 23 heavy (non-hydrogen) atoms. The zero-order valence-corrected chi connectivity index (χ0v) is 13.3. The van der Waals surface area contributed by atoms with Crippen LogP contribution < -0.4 is 4.90 Å². The molecule has 0 bridgehead atoms. The maximum Gasteiger partial charge on any atom is 0.257 e. The van der Waals surface area contributed by atoms with Gasteiger partial charge in [0.05, 0.1) is 5.25 Å². The van der Waals surface area contributed by atoms with E-state index in [1.54, 1.807) is 0 Å². The molecule has 1 saturated heterocycles. The zero-order valence-electron chi connectivity index (χ0n) is 12.5. The van der Waals surface area contributed by atoms with Gasteiger partial charge in [-0.1, -0.05) is 42.1 Å². The maximum absolute atomic E-state index is 12.8. The number of aromatic nitrogens is 1. The summed E-state index contributed by atoms with van der Waals surface area (Å²) in [5.74, 6) is 0.134. The average Bonchev–Trinajstić information content (AvgIpc) is 3.00. The van der Waals surface area contributed by atoms with Crippen LogP contribution in [0.3, 0.4) is 0 Å². The molecule has 0 N–H and O–H groups in total. The smallest absolute Gasteiger partial charge is 0.257 e. The number of anilines is 1. The second kappa shape index (κ2) is 6.08. The van der Waals surface area contributed by atoms with Crippen molar-refractivity contribution < 1.29 is 9.21 Å². The highest BCUT2D eigenvalue weighted by Gasteiger charge is 2.31. The predicted octanol–water partition coefficient (Wildman–Crippen LogP) is 4.12. The fraction of sp³-hybridized carbons (Fsp3) is 0.222. The van der Waals surface area contributed by atoms with Crippen LogP contribution in [0.5, 0.6) is 0 Å². The normalized spacial score (nSPS) is 18.5. The Morgan fingerprint density at radius 1 is 1.09 bits per heavy atom. The average molecular weight is 324 g/mol. The second-order valence-electron chi connectivity index (χ2n) is 5.52. The Kier molecular flexibility index (Phi) is 3.79. The van der Waals surface area contributed by atoms with Gasteiger partial charge in [0.1, 0.15) is 5.52 Å². The quantitative estimate of drug-likeness (QED) is 0.727. The van der Waals surface area contributed by atoms with Crippen LogP contribution in [-0.2, 0) is 4.79 Å². The molecular formula is C18H16N2O2S.